The van der Waals surface area contributed by atoms with Crippen LogP contribution in [0.3, 0.4) is 0 Å². The van der Waals surface area contributed by atoms with Crippen LogP contribution in [0.5, 0.6) is 5.88 Å². The van der Waals surface area contributed by atoms with E-state index in [0.717, 1.165) is 6.42 Å². The van der Waals surface area contributed by atoms with Gasteiger partial charge in [0.15, 0.2) is 0 Å². The van der Waals surface area contributed by atoms with Gasteiger partial charge < -0.3 is 10.1 Å². The minimum absolute atomic E-state index is 0.188. The molecule has 0 aromatic carbocycles. The summed E-state index contributed by atoms with van der Waals surface area (Å²) < 4.78 is 5.30. The van der Waals surface area contributed by atoms with Crippen LogP contribution in [-0.4, -0.2) is 28.0 Å². The second-order valence-corrected chi connectivity index (χ2v) is 4.09. The van der Waals surface area contributed by atoms with E-state index in [-0.39, 0.29) is 5.54 Å². The van der Waals surface area contributed by atoms with Crippen molar-refractivity contribution in [2.45, 2.75) is 32.7 Å². The lowest BCUT2D eigenvalue weighted by atomic mass is 10.0. The Labute approximate surface area is 101 Å². The van der Waals surface area contributed by atoms with E-state index in [1.54, 1.807) is 12.3 Å². The second-order valence-electron chi connectivity index (χ2n) is 3.82. The molecule has 0 radical (unpaired) electrons. The highest BCUT2D eigenvalue weighted by molar-refractivity contribution is 6.18. The van der Waals surface area contributed by atoms with Crippen molar-refractivity contribution in [3.8, 4) is 5.88 Å². The van der Waals surface area contributed by atoms with Gasteiger partial charge in [-0.15, -0.1) is 11.6 Å². The molecule has 0 aliphatic heterocycles. The fourth-order valence-electron chi connectivity index (χ4n) is 1.12. The number of hydrogen-bond donors (Lipinski definition) is 1. The van der Waals surface area contributed by atoms with Crippen LogP contribution in [-0.2, 0) is 0 Å². The van der Waals surface area contributed by atoms with E-state index in [1.165, 1.54) is 0 Å². The van der Waals surface area contributed by atoms with Crippen LogP contribution in [0, 0.1) is 0 Å². The Hall–Kier alpha value is -1.03. The third-order valence-corrected chi connectivity index (χ3v) is 3.00. The molecule has 0 aliphatic carbocycles. The van der Waals surface area contributed by atoms with Crippen molar-refractivity contribution in [2.24, 2.45) is 0 Å². The maximum absolute atomic E-state index is 5.91. The third kappa shape index (κ3) is 3.52. The molecule has 0 spiro atoms. The molecule has 1 rings (SSSR count). The van der Waals surface area contributed by atoms with Crippen molar-refractivity contribution in [1.82, 2.24) is 9.97 Å². The number of halogens is 1. The Balaban J connectivity index is 2.76. The number of anilines is 1. The second kappa shape index (κ2) is 5.89. The van der Waals surface area contributed by atoms with Gasteiger partial charge in [-0.2, -0.15) is 4.98 Å². The predicted molar refractivity (Wildman–Crippen MR) is 66.2 cm³/mol. The van der Waals surface area contributed by atoms with Gasteiger partial charge in [0.25, 0.3) is 0 Å². The van der Waals surface area contributed by atoms with Crippen molar-refractivity contribution in [3.63, 3.8) is 0 Å². The first-order chi connectivity index (χ1) is 7.63. The maximum atomic E-state index is 5.91. The lowest BCUT2D eigenvalue weighted by Crippen LogP contribution is -2.36. The molecule has 0 bridgehead atoms. The van der Waals surface area contributed by atoms with E-state index < -0.39 is 0 Å². The van der Waals surface area contributed by atoms with Crippen molar-refractivity contribution < 1.29 is 4.74 Å². The molecule has 1 heterocycles. The lowest BCUT2D eigenvalue weighted by Gasteiger charge is -2.26. The fraction of sp³-hybridized carbons (Fsp3) is 0.636. The molecule has 0 saturated heterocycles. The summed E-state index contributed by atoms with van der Waals surface area (Å²) in [6.07, 6.45) is 2.57. The van der Waals surface area contributed by atoms with Gasteiger partial charge in [0.1, 0.15) is 0 Å². The van der Waals surface area contributed by atoms with Crippen molar-refractivity contribution >= 4 is 17.5 Å². The van der Waals surface area contributed by atoms with Crippen molar-refractivity contribution in [2.75, 3.05) is 17.8 Å². The molecule has 1 atom stereocenters. The van der Waals surface area contributed by atoms with Gasteiger partial charge in [0, 0.05) is 18.1 Å². The Bertz CT molecular complexity index is 329. The van der Waals surface area contributed by atoms with E-state index in [4.69, 9.17) is 16.3 Å². The first-order valence-electron chi connectivity index (χ1n) is 5.43. The molecule has 1 N–H and O–H groups in total. The first kappa shape index (κ1) is 13.0. The number of alkyl halides is 1. The van der Waals surface area contributed by atoms with E-state index in [9.17, 15) is 0 Å². The monoisotopic (exact) mass is 243 g/mol. The molecule has 1 aromatic heterocycles. The Morgan fingerprint density at radius 3 is 2.81 bits per heavy atom. The highest BCUT2D eigenvalue weighted by atomic mass is 35.5. The molecule has 1 unspecified atom stereocenters. The SMILES string of the molecule is CCOc1ccnc(NC(C)(CC)CCl)n1. The van der Waals surface area contributed by atoms with Gasteiger partial charge in [-0.25, -0.2) is 4.98 Å². The predicted octanol–water partition coefficient (Wildman–Crippen LogP) is 2.69. The molecule has 90 valence electrons. The van der Waals surface area contributed by atoms with Gasteiger partial charge in [-0.3, -0.25) is 0 Å². The topological polar surface area (TPSA) is 47.0 Å². The normalized spacial score (nSPS) is 14.2. The van der Waals surface area contributed by atoms with Crippen LogP contribution in [0.2, 0.25) is 0 Å². The van der Waals surface area contributed by atoms with Gasteiger partial charge in [-0.1, -0.05) is 6.92 Å². The van der Waals surface area contributed by atoms with Crippen LogP contribution in [0.15, 0.2) is 12.3 Å². The summed E-state index contributed by atoms with van der Waals surface area (Å²) in [5, 5.41) is 3.22. The fourth-order valence-corrected chi connectivity index (χ4v) is 1.37. The minimum Gasteiger partial charge on any atom is -0.478 e. The molecule has 1 aromatic rings. The van der Waals surface area contributed by atoms with Crippen molar-refractivity contribution in [3.05, 3.63) is 12.3 Å². The summed E-state index contributed by atoms with van der Waals surface area (Å²) in [5.41, 5.74) is -0.188. The summed E-state index contributed by atoms with van der Waals surface area (Å²) in [7, 11) is 0. The first-order valence-corrected chi connectivity index (χ1v) is 5.97. The number of rotatable bonds is 6. The summed E-state index contributed by atoms with van der Waals surface area (Å²) >= 11 is 5.91. The van der Waals surface area contributed by atoms with Crippen LogP contribution in [0.25, 0.3) is 0 Å². The molecule has 5 heteroatoms. The van der Waals surface area contributed by atoms with Crippen LogP contribution >= 0.6 is 11.6 Å². The Kier molecular flexibility index (Phi) is 4.80. The molecule has 4 nitrogen and oxygen atoms in total. The third-order valence-electron chi connectivity index (χ3n) is 2.41. The zero-order chi connectivity index (χ0) is 12.0. The summed E-state index contributed by atoms with van der Waals surface area (Å²) in [4.78, 5) is 8.38. The van der Waals surface area contributed by atoms with Crippen LogP contribution in [0.4, 0.5) is 5.95 Å². The standard InChI is InChI=1S/C11H18ClN3O/c1-4-11(3,8-12)15-10-13-7-6-9(14-10)16-5-2/h6-7H,4-5,8H2,1-3H3,(H,13,14,15). The van der Waals surface area contributed by atoms with E-state index >= 15 is 0 Å². The molecule has 0 amide bonds. The molecular weight excluding hydrogens is 226 g/mol. The zero-order valence-corrected chi connectivity index (χ0v) is 10.7. The quantitative estimate of drug-likeness (QED) is 0.781. The number of aromatic nitrogens is 2. The number of ether oxygens (including phenoxy) is 1. The lowest BCUT2D eigenvalue weighted by molar-refractivity contribution is 0.326. The average molecular weight is 244 g/mol. The Morgan fingerprint density at radius 2 is 2.25 bits per heavy atom. The Morgan fingerprint density at radius 1 is 1.50 bits per heavy atom. The van der Waals surface area contributed by atoms with E-state index in [1.807, 2.05) is 13.8 Å². The largest absolute Gasteiger partial charge is 0.478 e. The summed E-state index contributed by atoms with van der Waals surface area (Å²) in [5.74, 6) is 1.63. The highest BCUT2D eigenvalue weighted by Crippen LogP contribution is 2.18. The molecule has 0 saturated carbocycles. The van der Waals surface area contributed by atoms with Gasteiger partial charge in [0.2, 0.25) is 11.8 Å². The summed E-state index contributed by atoms with van der Waals surface area (Å²) in [6.45, 7) is 6.62. The van der Waals surface area contributed by atoms with Crippen LogP contribution < -0.4 is 10.1 Å². The van der Waals surface area contributed by atoms with Crippen molar-refractivity contribution in [1.29, 1.82) is 0 Å². The zero-order valence-electron chi connectivity index (χ0n) is 9.96. The minimum atomic E-state index is -0.188. The molecular formula is C11H18ClN3O. The summed E-state index contributed by atoms with van der Waals surface area (Å²) in [6, 6.07) is 1.73. The van der Waals surface area contributed by atoms with Gasteiger partial charge in [0.05, 0.1) is 12.1 Å². The van der Waals surface area contributed by atoms with Gasteiger partial charge >= 0.3 is 0 Å². The van der Waals surface area contributed by atoms with E-state index in [0.29, 0.717) is 24.3 Å². The smallest absolute Gasteiger partial charge is 0.226 e. The highest BCUT2D eigenvalue weighted by Gasteiger charge is 2.21. The van der Waals surface area contributed by atoms with Gasteiger partial charge in [-0.05, 0) is 20.3 Å². The van der Waals surface area contributed by atoms with Crippen LogP contribution in [0.1, 0.15) is 27.2 Å². The van der Waals surface area contributed by atoms with E-state index in [2.05, 4.69) is 22.2 Å². The molecule has 16 heavy (non-hydrogen) atoms. The number of nitrogens with one attached hydrogen (secondary N) is 1. The maximum Gasteiger partial charge on any atom is 0.226 e. The average Bonchev–Trinajstić information content (AvgIpc) is 2.30. The molecule has 0 fully saturated rings. The molecule has 0 aliphatic rings. The number of nitrogens with zero attached hydrogens (tertiary/aromatic N) is 2. The number of hydrogen-bond acceptors (Lipinski definition) is 4.